The molecule has 1 amide bonds. The van der Waals surface area contributed by atoms with Crippen LogP contribution in [0.15, 0.2) is 58.5 Å². The maximum absolute atomic E-state index is 13.4. The van der Waals surface area contributed by atoms with E-state index in [1.807, 2.05) is 42.5 Å². The molecule has 1 atom stereocenters. The normalized spacial score (nSPS) is 16.9. The maximum atomic E-state index is 13.4. The smallest absolute Gasteiger partial charge is 0.265 e. The van der Waals surface area contributed by atoms with Crippen LogP contribution in [0.3, 0.4) is 0 Å². The summed E-state index contributed by atoms with van der Waals surface area (Å²) in [6.45, 7) is 11.7. The fourth-order valence-electron chi connectivity index (χ4n) is 7.23. The minimum absolute atomic E-state index is 0.00711. The summed E-state index contributed by atoms with van der Waals surface area (Å²) >= 11 is 1.41. The highest BCUT2D eigenvalue weighted by Gasteiger charge is 2.31. The summed E-state index contributed by atoms with van der Waals surface area (Å²) in [5.74, 6) is 1.29. The molecule has 2 aliphatic rings. The average Bonchev–Trinajstić information content (AvgIpc) is 3.65. The van der Waals surface area contributed by atoms with Gasteiger partial charge in [0.2, 0.25) is 0 Å². The summed E-state index contributed by atoms with van der Waals surface area (Å²) in [6.07, 6.45) is 5.89. The standard InChI is InChI=1S/C39H44N6O4S/c1-25-26(2)38(46)42(4)23-33(25)29-18-35(48-5)34(36(19-29)49-6)24-44-15-13-43(14-16-44)22-28-8-7-9-31-27(3)45(12-10-32(28)31)39(47)30(21-40)20-37-41-11-17-50-37/h7-9,11,17-20,23,27H,10,12-16,22,24H2,1-6H3/b30-20+. The lowest BCUT2D eigenvalue weighted by Crippen LogP contribution is -2.45. The number of nitriles is 1. The van der Waals surface area contributed by atoms with Crippen molar-refractivity contribution in [3.05, 3.63) is 102 Å². The van der Waals surface area contributed by atoms with Crippen LogP contribution in [-0.2, 0) is 31.4 Å². The zero-order chi connectivity index (χ0) is 35.5. The molecule has 4 aromatic rings. The molecule has 50 heavy (non-hydrogen) atoms. The molecule has 0 aliphatic carbocycles. The van der Waals surface area contributed by atoms with Crippen LogP contribution in [0.25, 0.3) is 17.2 Å². The number of methoxy groups -OCH3 is 2. The van der Waals surface area contributed by atoms with Crippen molar-refractivity contribution in [2.75, 3.05) is 46.9 Å². The molecular formula is C39H44N6O4S. The first-order chi connectivity index (χ1) is 24.1. The van der Waals surface area contributed by atoms with E-state index in [0.717, 1.165) is 84.0 Å². The van der Waals surface area contributed by atoms with Crippen molar-refractivity contribution >= 4 is 23.3 Å². The number of carbonyl (C=O) groups is 1. The van der Waals surface area contributed by atoms with Crippen LogP contribution in [0, 0.1) is 25.2 Å². The Balaban J connectivity index is 1.12. The number of carbonyl (C=O) groups excluding carboxylic acids is 1. The summed E-state index contributed by atoms with van der Waals surface area (Å²) in [4.78, 5) is 36.9. The highest BCUT2D eigenvalue weighted by molar-refractivity contribution is 7.10. The SMILES string of the molecule is COc1cc(-c2cn(C)c(=O)c(C)c2C)cc(OC)c1CN1CCN(Cc2cccc3c2CCN(C(=O)/C(C#N)=C/c2nccs2)C3C)CC1. The molecule has 4 heterocycles. The van der Waals surface area contributed by atoms with Gasteiger partial charge in [-0.1, -0.05) is 18.2 Å². The Morgan fingerprint density at radius 2 is 1.72 bits per heavy atom. The van der Waals surface area contributed by atoms with Gasteiger partial charge in [0, 0.05) is 81.8 Å². The number of hydrogen-bond acceptors (Lipinski definition) is 9. The molecule has 0 saturated carbocycles. The predicted molar refractivity (Wildman–Crippen MR) is 196 cm³/mol. The van der Waals surface area contributed by atoms with Crippen LogP contribution in [0.2, 0.25) is 0 Å². The maximum Gasteiger partial charge on any atom is 0.265 e. The van der Waals surface area contributed by atoms with Crippen molar-refractivity contribution in [3.8, 4) is 28.7 Å². The van der Waals surface area contributed by atoms with Crippen LogP contribution in [0.4, 0.5) is 0 Å². The number of piperazine rings is 1. The molecule has 0 radical (unpaired) electrons. The zero-order valence-electron chi connectivity index (χ0n) is 29.7. The van der Waals surface area contributed by atoms with Crippen LogP contribution in [0.5, 0.6) is 11.5 Å². The number of pyridine rings is 1. The summed E-state index contributed by atoms with van der Waals surface area (Å²) in [6, 6.07) is 12.5. The van der Waals surface area contributed by atoms with E-state index in [4.69, 9.17) is 9.47 Å². The lowest BCUT2D eigenvalue weighted by atomic mass is 9.89. The molecule has 1 saturated heterocycles. The third-order valence-electron chi connectivity index (χ3n) is 10.3. The second-order valence-corrected chi connectivity index (χ2v) is 14.0. The van der Waals surface area contributed by atoms with Gasteiger partial charge >= 0.3 is 0 Å². The molecule has 260 valence electrons. The third-order valence-corrected chi connectivity index (χ3v) is 11.0. The number of thiazole rings is 1. The summed E-state index contributed by atoms with van der Waals surface area (Å²) < 4.78 is 13.4. The van der Waals surface area contributed by atoms with Crippen molar-refractivity contribution < 1.29 is 14.3 Å². The van der Waals surface area contributed by atoms with E-state index in [0.29, 0.717) is 18.1 Å². The zero-order valence-corrected chi connectivity index (χ0v) is 30.5. The van der Waals surface area contributed by atoms with Gasteiger partial charge in [-0.25, -0.2) is 4.98 Å². The number of hydrogen-bond donors (Lipinski definition) is 0. The van der Waals surface area contributed by atoms with Crippen LogP contribution >= 0.6 is 11.3 Å². The first kappa shape index (κ1) is 35.1. The molecule has 1 unspecified atom stereocenters. The fourth-order valence-corrected chi connectivity index (χ4v) is 7.80. The molecule has 11 heteroatoms. The molecule has 2 aromatic carbocycles. The lowest BCUT2D eigenvalue weighted by Gasteiger charge is -2.38. The van der Waals surface area contributed by atoms with Crippen molar-refractivity contribution in [2.24, 2.45) is 7.05 Å². The Labute approximate surface area is 297 Å². The number of nitrogens with zero attached hydrogens (tertiary/aromatic N) is 6. The van der Waals surface area contributed by atoms with Gasteiger partial charge in [-0.3, -0.25) is 19.4 Å². The van der Waals surface area contributed by atoms with E-state index in [1.54, 1.807) is 38.1 Å². The number of aromatic nitrogens is 2. The quantitative estimate of drug-likeness (QED) is 0.167. The monoisotopic (exact) mass is 692 g/mol. The Morgan fingerprint density at radius 1 is 1.04 bits per heavy atom. The van der Waals surface area contributed by atoms with E-state index in [1.165, 1.54) is 22.5 Å². The molecule has 10 nitrogen and oxygen atoms in total. The number of rotatable bonds is 9. The number of amides is 1. The molecule has 2 aliphatic heterocycles. The minimum atomic E-state index is -0.248. The fraction of sp³-hybridized carbons (Fsp3) is 0.385. The Morgan fingerprint density at radius 3 is 2.34 bits per heavy atom. The highest BCUT2D eigenvalue weighted by atomic mass is 32.1. The van der Waals surface area contributed by atoms with Crippen molar-refractivity contribution in [3.63, 3.8) is 0 Å². The van der Waals surface area contributed by atoms with Gasteiger partial charge in [-0.05, 0) is 73.2 Å². The molecule has 0 bridgehead atoms. The molecule has 2 aromatic heterocycles. The van der Waals surface area contributed by atoms with E-state index in [-0.39, 0.29) is 23.1 Å². The van der Waals surface area contributed by atoms with Crippen molar-refractivity contribution in [1.29, 1.82) is 5.26 Å². The minimum Gasteiger partial charge on any atom is -0.496 e. The Kier molecular flexibility index (Phi) is 10.5. The Bertz CT molecular complexity index is 2000. The van der Waals surface area contributed by atoms with Gasteiger partial charge in [0.15, 0.2) is 0 Å². The van der Waals surface area contributed by atoms with Gasteiger partial charge in [0.05, 0.1) is 25.8 Å². The predicted octanol–water partition coefficient (Wildman–Crippen LogP) is 5.51. The second kappa shape index (κ2) is 15.0. The van der Waals surface area contributed by atoms with Gasteiger partial charge in [-0.15, -0.1) is 11.3 Å². The largest absolute Gasteiger partial charge is 0.496 e. The van der Waals surface area contributed by atoms with E-state index < -0.39 is 0 Å². The van der Waals surface area contributed by atoms with Crippen LogP contribution < -0.4 is 15.0 Å². The van der Waals surface area contributed by atoms with Crippen LogP contribution in [-0.4, -0.2) is 77.1 Å². The summed E-state index contributed by atoms with van der Waals surface area (Å²) in [7, 11) is 5.16. The number of aryl methyl sites for hydroxylation is 1. The van der Waals surface area contributed by atoms with E-state index in [9.17, 15) is 14.9 Å². The van der Waals surface area contributed by atoms with Gasteiger partial charge in [-0.2, -0.15) is 5.26 Å². The van der Waals surface area contributed by atoms with Crippen LogP contribution in [0.1, 0.15) is 51.4 Å². The topological polar surface area (TPSA) is 104 Å². The van der Waals surface area contributed by atoms with E-state index >= 15 is 0 Å². The van der Waals surface area contributed by atoms with Crippen molar-refractivity contribution in [2.45, 2.75) is 46.3 Å². The lowest BCUT2D eigenvalue weighted by molar-refractivity contribution is -0.129. The van der Waals surface area contributed by atoms with Gasteiger partial charge in [0.25, 0.3) is 11.5 Å². The van der Waals surface area contributed by atoms with Gasteiger partial charge < -0.3 is 18.9 Å². The van der Waals surface area contributed by atoms with Gasteiger partial charge in [0.1, 0.15) is 28.1 Å². The molecule has 0 spiro atoms. The number of fused-ring (bicyclic) bond motifs is 1. The first-order valence-corrected chi connectivity index (χ1v) is 17.8. The molecule has 6 rings (SSSR count). The van der Waals surface area contributed by atoms with Crippen molar-refractivity contribution in [1.82, 2.24) is 24.3 Å². The molecule has 0 N–H and O–H groups in total. The summed E-state index contributed by atoms with van der Waals surface area (Å²) in [5.41, 5.74) is 8.52. The first-order valence-electron chi connectivity index (χ1n) is 16.9. The average molecular weight is 693 g/mol. The number of ether oxygens (including phenoxy) is 2. The van der Waals surface area contributed by atoms with E-state index in [2.05, 4.69) is 46.0 Å². The molecular weight excluding hydrogens is 649 g/mol. The summed E-state index contributed by atoms with van der Waals surface area (Å²) in [5, 5.41) is 12.2. The third kappa shape index (κ3) is 6.97. The highest BCUT2D eigenvalue weighted by Crippen LogP contribution is 2.38. The second-order valence-electron chi connectivity index (χ2n) is 13.1. The Hall–Kier alpha value is -4.76. The molecule has 1 fully saturated rings. The number of benzene rings is 2.